The Bertz CT molecular complexity index is 662. The summed E-state index contributed by atoms with van der Waals surface area (Å²) < 4.78 is 27.1. The van der Waals surface area contributed by atoms with Gasteiger partial charge in [0.15, 0.2) is 0 Å². The minimum Gasteiger partial charge on any atom is -0.321 e. The van der Waals surface area contributed by atoms with Crippen molar-refractivity contribution in [3.63, 3.8) is 0 Å². The Hall–Kier alpha value is -2.31. The lowest BCUT2D eigenvalue weighted by Gasteiger charge is -2.33. The molecule has 1 aromatic carbocycles. The Balaban J connectivity index is 1.82. The topological polar surface area (TPSA) is 61.8 Å². The molecule has 1 spiro atoms. The molecule has 2 fully saturated rings. The molecule has 0 bridgehead atoms. The van der Waals surface area contributed by atoms with Crippen LogP contribution in [-0.2, 0) is 4.79 Å². The van der Waals surface area contributed by atoms with Gasteiger partial charge in [-0.25, -0.2) is 13.6 Å². The fourth-order valence-corrected chi connectivity index (χ4v) is 3.05. The van der Waals surface area contributed by atoms with E-state index in [0.29, 0.717) is 23.8 Å². The van der Waals surface area contributed by atoms with Gasteiger partial charge in [0.1, 0.15) is 17.2 Å². The van der Waals surface area contributed by atoms with E-state index in [0.717, 1.165) is 31.2 Å². The third-order valence-corrected chi connectivity index (χ3v) is 4.57. The molecule has 0 unspecified atom stereocenters. The summed E-state index contributed by atoms with van der Waals surface area (Å²) in [6, 6.07) is 2.74. The van der Waals surface area contributed by atoms with Gasteiger partial charge in [0, 0.05) is 0 Å². The molecular weight excluding hydrogens is 304 g/mol. The second-order valence-electron chi connectivity index (χ2n) is 6.19. The third kappa shape index (κ3) is 2.71. The predicted octanol–water partition coefficient (Wildman–Crippen LogP) is 2.80. The Kier molecular flexibility index (Phi) is 3.87. The normalized spacial score (nSPS) is 28.0. The summed E-state index contributed by atoms with van der Waals surface area (Å²) in [6.45, 7) is 2.10. The highest BCUT2D eigenvalue weighted by molar-refractivity contribution is 6.07. The lowest BCUT2D eigenvalue weighted by atomic mass is 9.77. The molecule has 1 saturated carbocycles. The molecule has 1 heterocycles. The van der Waals surface area contributed by atoms with Gasteiger partial charge in [0.25, 0.3) is 5.91 Å². The van der Waals surface area contributed by atoms with Crippen LogP contribution in [-0.4, -0.2) is 28.7 Å². The molecule has 1 saturated heterocycles. The van der Waals surface area contributed by atoms with E-state index < -0.39 is 29.1 Å². The van der Waals surface area contributed by atoms with Crippen molar-refractivity contribution in [1.82, 2.24) is 10.3 Å². The maximum absolute atomic E-state index is 13.6. The van der Waals surface area contributed by atoms with Crippen molar-refractivity contribution >= 4 is 18.2 Å². The standard InChI is InChI=1S/C16H17F2N3O2/c1-10-5-7-16(8-6-10)14(22)21(15(23)20-16)19-9-11-12(17)3-2-4-13(11)18/h2-4,9-10H,5-8H2,1H3,(H,20,23). The van der Waals surface area contributed by atoms with Crippen LogP contribution < -0.4 is 5.32 Å². The second kappa shape index (κ2) is 5.72. The first-order valence-corrected chi connectivity index (χ1v) is 7.58. The Labute approximate surface area is 132 Å². The van der Waals surface area contributed by atoms with E-state index in [1.54, 1.807) is 0 Å². The molecule has 1 aliphatic heterocycles. The summed E-state index contributed by atoms with van der Waals surface area (Å²) in [6.07, 6.45) is 3.65. The van der Waals surface area contributed by atoms with E-state index in [2.05, 4.69) is 17.3 Å². The van der Waals surface area contributed by atoms with Crippen LogP contribution in [0.3, 0.4) is 0 Å². The molecule has 122 valence electrons. The highest BCUT2D eigenvalue weighted by atomic mass is 19.1. The van der Waals surface area contributed by atoms with Crippen LogP contribution in [0.1, 0.15) is 38.2 Å². The van der Waals surface area contributed by atoms with E-state index in [4.69, 9.17) is 0 Å². The molecule has 3 rings (SSSR count). The maximum atomic E-state index is 13.6. The van der Waals surface area contributed by atoms with Gasteiger partial charge in [-0.2, -0.15) is 5.10 Å². The number of carbonyl (C=O) groups is 2. The van der Waals surface area contributed by atoms with Crippen molar-refractivity contribution in [3.8, 4) is 0 Å². The van der Waals surface area contributed by atoms with Crippen LogP contribution in [0.25, 0.3) is 0 Å². The van der Waals surface area contributed by atoms with Crippen LogP contribution in [0, 0.1) is 17.6 Å². The molecule has 1 aromatic rings. The molecule has 3 amide bonds. The zero-order valence-corrected chi connectivity index (χ0v) is 12.7. The van der Waals surface area contributed by atoms with Crippen LogP contribution in [0.15, 0.2) is 23.3 Å². The number of benzene rings is 1. The number of imide groups is 1. The van der Waals surface area contributed by atoms with Gasteiger partial charge >= 0.3 is 6.03 Å². The summed E-state index contributed by atoms with van der Waals surface area (Å²) in [5, 5.41) is 7.07. The van der Waals surface area contributed by atoms with Crippen molar-refractivity contribution in [1.29, 1.82) is 0 Å². The maximum Gasteiger partial charge on any atom is 0.346 e. The van der Waals surface area contributed by atoms with E-state index in [1.165, 1.54) is 6.07 Å². The first kappa shape index (κ1) is 15.6. The number of nitrogens with one attached hydrogen (secondary N) is 1. The van der Waals surface area contributed by atoms with E-state index in [-0.39, 0.29) is 5.56 Å². The monoisotopic (exact) mass is 321 g/mol. The Morgan fingerprint density at radius 2 is 1.87 bits per heavy atom. The summed E-state index contributed by atoms with van der Waals surface area (Å²) in [5.74, 6) is -1.55. The number of nitrogens with zero attached hydrogens (tertiary/aromatic N) is 2. The number of rotatable bonds is 2. The van der Waals surface area contributed by atoms with Crippen molar-refractivity contribution in [3.05, 3.63) is 35.4 Å². The quantitative estimate of drug-likeness (QED) is 0.672. The molecule has 23 heavy (non-hydrogen) atoms. The summed E-state index contributed by atoms with van der Waals surface area (Å²) in [5.41, 5.74) is -1.30. The average Bonchev–Trinajstić information content (AvgIpc) is 2.74. The highest BCUT2D eigenvalue weighted by Crippen LogP contribution is 2.36. The number of hydrogen-bond donors (Lipinski definition) is 1. The fourth-order valence-electron chi connectivity index (χ4n) is 3.05. The number of urea groups is 1. The Morgan fingerprint density at radius 3 is 2.48 bits per heavy atom. The molecule has 1 aliphatic carbocycles. The molecule has 0 atom stereocenters. The fraction of sp³-hybridized carbons (Fsp3) is 0.438. The number of hydrogen-bond acceptors (Lipinski definition) is 3. The molecule has 1 N–H and O–H groups in total. The summed E-state index contributed by atoms with van der Waals surface area (Å²) >= 11 is 0. The SMILES string of the molecule is CC1CCC2(CC1)NC(=O)N(N=Cc1c(F)cccc1F)C2=O. The molecule has 5 nitrogen and oxygen atoms in total. The van der Waals surface area contributed by atoms with E-state index in [9.17, 15) is 18.4 Å². The van der Waals surface area contributed by atoms with Crippen molar-refractivity contribution in [2.75, 3.05) is 0 Å². The lowest BCUT2D eigenvalue weighted by molar-refractivity contribution is -0.132. The highest BCUT2D eigenvalue weighted by Gasteiger charge is 2.52. The number of amides is 3. The lowest BCUT2D eigenvalue weighted by Crippen LogP contribution is -2.49. The largest absolute Gasteiger partial charge is 0.346 e. The molecule has 0 aromatic heterocycles. The van der Waals surface area contributed by atoms with Gasteiger partial charge in [0.2, 0.25) is 0 Å². The minimum absolute atomic E-state index is 0.383. The van der Waals surface area contributed by atoms with Crippen LogP contribution in [0.5, 0.6) is 0 Å². The molecule has 0 radical (unpaired) electrons. The van der Waals surface area contributed by atoms with Gasteiger partial charge in [-0.05, 0) is 43.7 Å². The first-order valence-electron chi connectivity index (χ1n) is 7.58. The van der Waals surface area contributed by atoms with Gasteiger partial charge < -0.3 is 5.32 Å². The minimum atomic E-state index is -0.922. The Morgan fingerprint density at radius 1 is 1.26 bits per heavy atom. The second-order valence-corrected chi connectivity index (χ2v) is 6.19. The van der Waals surface area contributed by atoms with Crippen molar-refractivity contribution in [2.45, 2.75) is 38.1 Å². The van der Waals surface area contributed by atoms with Crippen LogP contribution in [0.4, 0.5) is 13.6 Å². The van der Waals surface area contributed by atoms with E-state index in [1.807, 2.05) is 0 Å². The summed E-state index contributed by atoms with van der Waals surface area (Å²) in [7, 11) is 0. The van der Waals surface area contributed by atoms with Crippen molar-refractivity contribution in [2.24, 2.45) is 11.0 Å². The van der Waals surface area contributed by atoms with Crippen LogP contribution >= 0.6 is 0 Å². The zero-order chi connectivity index (χ0) is 16.6. The number of hydrazone groups is 1. The predicted molar refractivity (Wildman–Crippen MR) is 79.7 cm³/mol. The number of halogens is 2. The first-order chi connectivity index (χ1) is 10.9. The van der Waals surface area contributed by atoms with Gasteiger partial charge in [-0.1, -0.05) is 13.0 Å². The van der Waals surface area contributed by atoms with Gasteiger partial charge in [0.05, 0.1) is 11.8 Å². The van der Waals surface area contributed by atoms with Gasteiger partial charge in [-0.15, -0.1) is 5.01 Å². The third-order valence-electron chi connectivity index (χ3n) is 4.57. The van der Waals surface area contributed by atoms with Gasteiger partial charge in [-0.3, -0.25) is 4.79 Å². The molecule has 2 aliphatic rings. The smallest absolute Gasteiger partial charge is 0.321 e. The number of carbonyl (C=O) groups excluding carboxylic acids is 2. The van der Waals surface area contributed by atoms with Crippen LogP contribution in [0.2, 0.25) is 0 Å². The van der Waals surface area contributed by atoms with Crippen molar-refractivity contribution < 1.29 is 18.4 Å². The zero-order valence-electron chi connectivity index (χ0n) is 12.7. The average molecular weight is 321 g/mol. The molecular formula is C16H17F2N3O2. The van der Waals surface area contributed by atoms with E-state index >= 15 is 0 Å². The summed E-state index contributed by atoms with van der Waals surface area (Å²) in [4.78, 5) is 24.6. The molecule has 7 heteroatoms.